The molecule has 0 aliphatic heterocycles. The van der Waals surface area contributed by atoms with Crippen LogP contribution in [0.5, 0.6) is 5.75 Å². The highest BCUT2D eigenvalue weighted by Crippen LogP contribution is 2.27. The van der Waals surface area contributed by atoms with Gasteiger partial charge in [-0.3, -0.25) is 0 Å². The van der Waals surface area contributed by atoms with Gasteiger partial charge < -0.3 is 10.1 Å². The van der Waals surface area contributed by atoms with Gasteiger partial charge in [-0.1, -0.05) is 23.7 Å². The zero-order valence-electron chi connectivity index (χ0n) is 12.0. The minimum atomic E-state index is 0.277. The maximum atomic E-state index is 5.98. The molecule has 4 heteroatoms. The fraction of sp³-hybridized carbons (Fsp3) is 0.375. The van der Waals surface area contributed by atoms with Crippen LogP contribution >= 0.6 is 22.9 Å². The molecule has 2 unspecified atom stereocenters. The largest absolute Gasteiger partial charge is 0.494 e. The molecular weight excluding hydrogens is 290 g/mol. The molecule has 1 heterocycles. The van der Waals surface area contributed by atoms with Crippen LogP contribution < -0.4 is 10.1 Å². The average molecular weight is 310 g/mol. The molecule has 1 aromatic carbocycles. The Hall–Kier alpha value is -1.03. The van der Waals surface area contributed by atoms with E-state index in [4.69, 9.17) is 16.3 Å². The van der Waals surface area contributed by atoms with Crippen LogP contribution in [0.3, 0.4) is 0 Å². The molecule has 0 aliphatic carbocycles. The van der Waals surface area contributed by atoms with Gasteiger partial charge in [-0.25, -0.2) is 0 Å². The summed E-state index contributed by atoms with van der Waals surface area (Å²) in [5, 5.41) is 5.69. The molecule has 0 radical (unpaired) electrons. The van der Waals surface area contributed by atoms with E-state index in [1.165, 1.54) is 11.1 Å². The molecule has 2 aromatic rings. The predicted octanol–water partition coefficient (Wildman–Crippen LogP) is 5.21. The SMILES string of the molecule is CCOc1ccc(C(C)NC(C)c2csc(Cl)c2)cc1. The van der Waals surface area contributed by atoms with Crippen LogP contribution in [0.1, 0.15) is 44.0 Å². The third-order valence-electron chi connectivity index (χ3n) is 3.28. The van der Waals surface area contributed by atoms with Crippen molar-refractivity contribution in [2.75, 3.05) is 6.61 Å². The second-order valence-corrected chi connectivity index (χ2v) is 6.34. The van der Waals surface area contributed by atoms with Gasteiger partial charge in [-0.2, -0.15) is 0 Å². The van der Waals surface area contributed by atoms with Gasteiger partial charge in [0.25, 0.3) is 0 Å². The third-order valence-corrected chi connectivity index (χ3v) is 4.39. The fourth-order valence-electron chi connectivity index (χ4n) is 2.14. The lowest BCUT2D eigenvalue weighted by atomic mass is 10.1. The summed E-state index contributed by atoms with van der Waals surface area (Å²) < 4.78 is 6.30. The van der Waals surface area contributed by atoms with E-state index in [1.54, 1.807) is 11.3 Å². The summed E-state index contributed by atoms with van der Waals surface area (Å²) >= 11 is 7.55. The highest BCUT2D eigenvalue weighted by Gasteiger charge is 2.12. The minimum absolute atomic E-state index is 0.277. The lowest BCUT2D eigenvalue weighted by Gasteiger charge is -2.20. The first kappa shape index (κ1) is 15.4. The molecule has 2 atom stereocenters. The lowest BCUT2D eigenvalue weighted by Crippen LogP contribution is -2.22. The van der Waals surface area contributed by atoms with Gasteiger partial charge in [0.05, 0.1) is 10.9 Å². The molecule has 108 valence electrons. The predicted molar refractivity (Wildman–Crippen MR) is 86.9 cm³/mol. The summed E-state index contributed by atoms with van der Waals surface area (Å²) in [6, 6.07) is 10.8. The molecule has 0 aliphatic rings. The van der Waals surface area contributed by atoms with Gasteiger partial charge in [-0.15, -0.1) is 11.3 Å². The van der Waals surface area contributed by atoms with Gasteiger partial charge in [0.15, 0.2) is 0 Å². The average Bonchev–Trinajstić information content (AvgIpc) is 2.86. The summed E-state index contributed by atoms with van der Waals surface area (Å²) in [6.07, 6.45) is 0. The van der Waals surface area contributed by atoms with Crippen molar-refractivity contribution in [3.63, 3.8) is 0 Å². The topological polar surface area (TPSA) is 21.3 Å². The van der Waals surface area contributed by atoms with Gasteiger partial charge in [0.2, 0.25) is 0 Å². The van der Waals surface area contributed by atoms with Crippen molar-refractivity contribution in [2.45, 2.75) is 32.9 Å². The fourth-order valence-corrected chi connectivity index (χ4v) is 3.12. The van der Waals surface area contributed by atoms with Crippen molar-refractivity contribution in [3.05, 3.63) is 51.2 Å². The Kier molecular flexibility index (Phi) is 5.46. The number of nitrogens with one attached hydrogen (secondary N) is 1. The van der Waals surface area contributed by atoms with Crippen LogP contribution in [0.25, 0.3) is 0 Å². The van der Waals surface area contributed by atoms with Gasteiger partial charge in [0.1, 0.15) is 5.75 Å². The number of halogens is 1. The zero-order chi connectivity index (χ0) is 14.5. The first-order valence-corrected chi connectivity index (χ1v) is 8.08. The molecule has 0 saturated carbocycles. The highest BCUT2D eigenvalue weighted by atomic mass is 35.5. The Labute approximate surface area is 129 Å². The van der Waals surface area contributed by atoms with Crippen molar-refractivity contribution in [3.8, 4) is 5.75 Å². The molecule has 0 bridgehead atoms. The Morgan fingerprint density at radius 3 is 2.35 bits per heavy atom. The van der Waals surface area contributed by atoms with Crippen molar-refractivity contribution >= 4 is 22.9 Å². The smallest absolute Gasteiger partial charge is 0.119 e. The molecule has 0 fully saturated rings. The van der Waals surface area contributed by atoms with Crippen LogP contribution in [-0.4, -0.2) is 6.61 Å². The summed E-state index contributed by atoms with van der Waals surface area (Å²) in [6.45, 7) is 7.01. The van der Waals surface area contributed by atoms with Gasteiger partial charge in [0, 0.05) is 12.1 Å². The van der Waals surface area contributed by atoms with E-state index < -0.39 is 0 Å². The number of ether oxygens (including phenoxy) is 1. The maximum absolute atomic E-state index is 5.98. The number of thiophene rings is 1. The van der Waals surface area contributed by atoms with E-state index in [0.717, 1.165) is 10.1 Å². The zero-order valence-corrected chi connectivity index (χ0v) is 13.6. The monoisotopic (exact) mass is 309 g/mol. The van der Waals surface area contributed by atoms with Crippen molar-refractivity contribution < 1.29 is 4.74 Å². The van der Waals surface area contributed by atoms with Crippen LogP contribution in [0, 0.1) is 0 Å². The summed E-state index contributed by atoms with van der Waals surface area (Å²) in [5.74, 6) is 0.918. The van der Waals surface area contributed by atoms with E-state index in [2.05, 4.69) is 36.7 Å². The number of rotatable bonds is 6. The Morgan fingerprint density at radius 1 is 1.15 bits per heavy atom. The quantitative estimate of drug-likeness (QED) is 0.790. The van der Waals surface area contributed by atoms with E-state index in [1.807, 2.05) is 25.1 Å². The minimum Gasteiger partial charge on any atom is -0.494 e. The Bertz CT molecular complexity index is 538. The van der Waals surface area contributed by atoms with Crippen LogP contribution in [0.15, 0.2) is 35.7 Å². The number of hydrogen-bond acceptors (Lipinski definition) is 3. The Balaban J connectivity index is 1.98. The second-order valence-electron chi connectivity index (χ2n) is 4.80. The molecule has 0 amide bonds. The molecule has 2 nitrogen and oxygen atoms in total. The van der Waals surface area contributed by atoms with Crippen LogP contribution in [0.2, 0.25) is 4.34 Å². The molecular formula is C16H20ClNOS. The second kappa shape index (κ2) is 7.11. The molecule has 1 N–H and O–H groups in total. The summed E-state index contributed by atoms with van der Waals surface area (Å²) in [7, 11) is 0. The van der Waals surface area contributed by atoms with Crippen molar-refractivity contribution in [2.24, 2.45) is 0 Å². The molecule has 2 rings (SSSR count). The third kappa shape index (κ3) is 3.98. The van der Waals surface area contributed by atoms with Crippen LogP contribution in [0.4, 0.5) is 0 Å². The molecule has 20 heavy (non-hydrogen) atoms. The normalized spacial score (nSPS) is 14.0. The van der Waals surface area contributed by atoms with Crippen molar-refractivity contribution in [1.82, 2.24) is 5.32 Å². The first-order chi connectivity index (χ1) is 9.60. The Morgan fingerprint density at radius 2 is 1.80 bits per heavy atom. The van der Waals surface area contributed by atoms with E-state index in [-0.39, 0.29) is 12.1 Å². The molecule has 0 spiro atoms. The highest BCUT2D eigenvalue weighted by molar-refractivity contribution is 7.14. The maximum Gasteiger partial charge on any atom is 0.119 e. The summed E-state index contributed by atoms with van der Waals surface area (Å²) in [4.78, 5) is 0. The summed E-state index contributed by atoms with van der Waals surface area (Å²) in [5.41, 5.74) is 2.49. The van der Waals surface area contributed by atoms with E-state index in [0.29, 0.717) is 6.61 Å². The van der Waals surface area contributed by atoms with Crippen molar-refractivity contribution in [1.29, 1.82) is 0 Å². The lowest BCUT2D eigenvalue weighted by molar-refractivity contribution is 0.340. The van der Waals surface area contributed by atoms with Gasteiger partial charge >= 0.3 is 0 Å². The standard InChI is InChI=1S/C16H20ClNOS/c1-4-19-15-7-5-13(6-8-15)11(2)18-12(3)14-9-16(17)20-10-14/h5-12,18H,4H2,1-3H3. The van der Waals surface area contributed by atoms with Gasteiger partial charge in [-0.05, 0) is 55.5 Å². The van der Waals surface area contributed by atoms with Crippen LogP contribution in [-0.2, 0) is 0 Å². The number of benzene rings is 1. The molecule has 1 aromatic heterocycles. The van der Waals surface area contributed by atoms with E-state index in [9.17, 15) is 0 Å². The first-order valence-electron chi connectivity index (χ1n) is 6.83. The number of hydrogen-bond donors (Lipinski definition) is 1. The van der Waals surface area contributed by atoms with E-state index >= 15 is 0 Å². The molecule has 0 saturated heterocycles.